The number of hydrogen-bond acceptors (Lipinski definition) is 6. The van der Waals surface area contributed by atoms with Crippen molar-refractivity contribution in [3.63, 3.8) is 0 Å². The predicted octanol–water partition coefficient (Wildman–Crippen LogP) is 2.64. The van der Waals surface area contributed by atoms with E-state index >= 15 is 0 Å². The van der Waals surface area contributed by atoms with Crippen molar-refractivity contribution in [1.29, 1.82) is 0 Å². The zero-order chi connectivity index (χ0) is 20.7. The molecule has 8 nitrogen and oxygen atoms in total. The molecule has 1 atom stereocenters. The smallest absolute Gasteiger partial charge is 0.263 e. The number of nitrogens with zero attached hydrogens (tertiary/aromatic N) is 3. The third-order valence-corrected chi connectivity index (χ3v) is 5.66. The van der Waals surface area contributed by atoms with Crippen LogP contribution < -0.4 is 20.3 Å². The van der Waals surface area contributed by atoms with Gasteiger partial charge in [-0.25, -0.2) is 9.97 Å². The van der Waals surface area contributed by atoms with Crippen LogP contribution in [0.15, 0.2) is 35.4 Å². The Hall–Kier alpha value is -3.42. The molecule has 3 heterocycles. The number of carbonyl (C=O) groups excluding carboxylic acids is 1. The van der Waals surface area contributed by atoms with E-state index in [1.165, 1.54) is 10.9 Å². The Morgan fingerprint density at radius 1 is 1.13 bits per heavy atom. The molecule has 2 aliphatic rings. The van der Waals surface area contributed by atoms with Crippen molar-refractivity contribution in [2.45, 2.75) is 38.6 Å². The van der Waals surface area contributed by atoms with Gasteiger partial charge >= 0.3 is 0 Å². The Kier molecular flexibility index (Phi) is 4.61. The van der Waals surface area contributed by atoms with Gasteiger partial charge in [0.1, 0.15) is 25.6 Å². The summed E-state index contributed by atoms with van der Waals surface area (Å²) in [6, 6.07) is 6.38. The monoisotopic (exact) mass is 406 g/mol. The molecule has 0 saturated carbocycles. The fourth-order valence-corrected chi connectivity index (χ4v) is 3.96. The summed E-state index contributed by atoms with van der Waals surface area (Å²) in [6.45, 7) is 2.65. The largest absolute Gasteiger partial charge is 0.486 e. The van der Waals surface area contributed by atoms with E-state index < -0.39 is 6.04 Å². The first-order valence-corrected chi connectivity index (χ1v) is 10.2. The molecule has 30 heavy (non-hydrogen) atoms. The molecule has 0 bridgehead atoms. The second-order valence-electron chi connectivity index (χ2n) is 7.65. The molecule has 0 fully saturated rings. The van der Waals surface area contributed by atoms with Crippen LogP contribution in [0.1, 0.15) is 37.1 Å². The molecule has 154 valence electrons. The SMILES string of the molecule is C[C@@H](C(=O)Nc1ccc2c(c1)OCCO2)n1cnc2nc3c(cc2c1=O)CCCC3. The highest BCUT2D eigenvalue weighted by molar-refractivity contribution is 5.94. The third-order valence-electron chi connectivity index (χ3n) is 5.66. The highest BCUT2D eigenvalue weighted by Crippen LogP contribution is 2.32. The number of benzene rings is 1. The van der Waals surface area contributed by atoms with Crippen LogP contribution in [0, 0.1) is 0 Å². The second kappa shape index (κ2) is 7.44. The summed E-state index contributed by atoms with van der Waals surface area (Å²) in [5.74, 6) is 0.922. The summed E-state index contributed by atoms with van der Waals surface area (Å²) in [5.41, 5.74) is 2.90. The van der Waals surface area contributed by atoms with Crippen molar-refractivity contribution < 1.29 is 14.3 Å². The van der Waals surface area contributed by atoms with Gasteiger partial charge in [0.2, 0.25) is 5.91 Å². The molecule has 0 unspecified atom stereocenters. The minimum atomic E-state index is -0.737. The Morgan fingerprint density at radius 3 is 2.80 bits per heavy atom. The number of anilines is 1. The number of pyridine rings is 1. The highest BCUT2D eigenvalue weighted by atomic mass is 16.6. The van der Waals surface area contributed by atoms with Crippen LogP contribution in [0.5, 0.6) is 11.5 Å². The summed E-state index contributed by atoms with van der Waals surface area (Å²) in [5, 5.41) is 3.29. The maximum Gasteiger partial charge on any atom is 0.263 e. The Bertz CT molecular complexity index is 1200. The number of amides is 1. The second-order valence-corrected chi connectivity index (χ2v) is 7.65. The first-order valence-electron chi connectivity index (χ1n) is 10.2. The molecule has 1 aliphatic heterocycles. The van der Waals surface area contributed by atoms with Crippen LogP contribution >= 0.6 is 0 Å². The maximum atomic E-state index is 13.1. The number of fused-ring (bicyclic) bond motifs is 3. The lowest BCUT2D eigenvalue weighted by atomic mass is 9.95. The highest BCUT2D eigenvalue weighted by Gasteiger charge is 2.21. The molecule has 1 aromatic carbocycles. The average molecular weight is 406 g/mol. The Morgan fingerprint density at radius 2 is 1.93 bits per heavy atom. The first-order chi connectivity index (χ1) is 14.6. The van der Waals surface area contributed by atoms with Crippen molar-refractivity contribution >= 4 is 22.6 Å². The molecule has 0 saturated heterocycles. The van der Waals surface area contributed by atoms with Crippen molar-refractivity contribution in [2.75, 3.05) is 18.5 Å². The molecule has 0 spiro atoms. The van der Waals surface area contributed by atoms with E-state index in [1.54, 1.807) is 25.1 Å². The summed E-state index contributed by atoms with van der Waals surface area (Å²) < 4.78 is 12.4. The minimum Gasteiger partial charge on any atom is -0.486 e. The molecular weight excluding hydrogens is 384 g/mol. The van der Waals surface area contributed by atoms with Gasteiger partial charge < -0.3 is 14.8 Å². The molecular formula is C22H22N4O4. The first kappa shape index (κ1) is 18.6. The van der Waals surface area contributed by atoms with Crippen molar-refractivity contribution in [3.05, 3.63) is 52.2 Å². The summed E-state index contributed by atoms with van der Waals surface area (Å²) >= 11 is 0. The summed E-state index contributed by atoms with van der Waals surface area (Å²) in [7, 11) is 0. The number of hydrogen-bond donors (Lipinski definition) is 1. The van der Waals surface area contributed by atoms with Gasteiger partial charge in [0.05, 0.1) is 5.39 Å². The molecule has 1 amide bonds. The van der Waals surface area contributed by atoms with Crippen molar-refractivity contribution in [2.24, 2.45) is 0 Å². The molecule has 3 aromatic rings. The van der Waals surface area contributed by atoms with E-state index in [-0.39, 0.29) is 11.5 Å². The lowest BCUT2D eigenvalue weighted by Gasteiger charge is -2.20. The normalized spacial score (nSPS) is 16.0. The van der Waals surface area contributed by atoms with Crippen LogP contribution in [0.4, 0.5) is 5.69 Å². The number of rotatable bonds is 3. The number of aryl methyl sites for hydroxylation is 2. The fourth-order valence-electron chi connectivity index (χ4n) is 3.96. The lowest BCUT2D eigenvalue weighted by Crippen LogP contribution is -2.32. The third kappa shape index (κ3) is 3.28. The average Bonchev–Trinajstić information content (AvgIpc) is 2.78. The van der Waals surface area contributed by atoms with Gasteiger partial charge in [-0.15, -0.1) is 0 Å². The number of carbonyl (C=O) groups is 1. The van der Waals surface area contributed by atoms with Gasteiger partial charge in [-0.2, -0.15) is 0 Å². The van der Waals surface area contributed by atoms with Crippen LogP contribution in [0.2, 0.25) is 0 Å². The van der Waals surface area contributed by atoms with Gasteiger partial charge in [0.15, 0.2) is 17.1 Å². The summed E-state index contributed by atoms with van der Waals surface area (Å²) in [4.78, 5) is 34.8. The van der Waals surface area contributed by atoms with Crippen LogP contribution in [-0.4, -0.2) is 33.7 Å². The van der Waals surface area contributed by atoms with Crippen LogP contribution in [0.25, 0.3) is 11.0 Å². The fraction of sp³-hybridized carbons (Fsp3) is 0.364. The van der Waals surface area contributed by atoms with Gasteiger partial charge in [0.25, 0.3) is 5.56 Å². The van der Waals surface area contributed by atoms with Gasteiger partial charge in [-0.1, -0.05) is 0 Å². The van der Waals surface area contributed by atoms with Crippen LogP contribution in [-0.2, 0) is 17.6 Å². The van der Waals surface area contributed by atoms with E-state index in [9.17, 15) is 9.59 Å². The van der Waals surface area contributed by atoms with Gasteiger partial charge in [0, 0.05) is 17.4 Å². The van der Waals surface area contributed by atoms with E-state index in [4.69, 9.17) is 9.47 Å². The quantitative estimate of drug-likeness (QED) is 0.719. The molecule has 8 heteroatoms. The molecule has 1 N–H and O–H groups in total. The standard InChI is InChI=1S/C22H22N4O4/c1-13(21(27)24-15-6-7-18-19(11-15)30-9-8-29-18)26-12-23-20-16(22(26)28)10-14-4-2-3-5-17(14)25-20/h6-7,10-13H,2-5,8-9H2,1H3,(H,24,27)/t13-/m0/s1. The topological polar surface area (TPSA) is 95.3 Å². The number of aromatic nitrogens is 3. The molecule has 1 aliphatic carbocycles. The van der Waals surface area contributed by atoms with Crippen LogP contribution in [0.3, 0.4) is 0 Å². The lowest BCUT2D eigenvalue weighted by molar-refractivity contribution is -0.118. The van der Waals surface area contributed by atoms with E-state index in [1.807, 2.05) is 6.07 Å². The molecule has 5 rings (SSSR count). The van der Waals surface area contributed by atoms with Gasteiger partial charge in [-0.05, 0) is 56.4 Å². The number of ether oxygens (including phenoxy) is 2. The predicted molar refractivity (Wildman–Crippen MR) is 111 cm³/mol. The zero-order valence-corrected chi connectivity index (χ0v) is 16.7. The molecule has 2 aromatic heterocycles. The minimum absolute atomic E-state index is 0.259. The van der Waals surface area contributed by atoms with E-state index in [2.05, 4.69) is 15.3 Å². The van der Waals surface area contributed by atoms with Crippen molar-refractivity contribution in [3.8, 4) is 11.5 Å². The Labute approximate surface area is 172 Å². The van der Waals surface area contributed by atoms with E-state index in [0.717, 1.165) is 36.9 Å². The molecule has 0 radical (unpaired) electrons. The van der Waals surface area contributed by atoms with Crippen molar-refractivity contribution in [1.82, 2.24) is 14.5 Å². The zero-order valence-electron chi connectivity index (χ0n) is 16.7. The maximum absolute atomic E-state index is 13.1. The number of nitrogens with one attached hydrogen (secondary N) is 1. The van der Waals surface area contributed by atoms with Gasteiger partial charge in [-0.3, -0.25) is 14.2 Å². The van der Waals surface area contributed by atoms with E-state index in [0.29, 0.717) is 41.4 Å². The Balaban J connectivity index is 1.42. The summed E-state index contributed by atoms with van der Waals surface area (Å²) in [6.07, 6.45) is 5.46.